The second-order valence-corrected chi connectivity index (χ2v) is 10.2. The minimum atomic E-state index is 0.240. The second-order valence-electron chi connectivity index (χ2n) is 8.07. The zero-order valence-corrected chi connectivity index (χ0v) is 18.5. The predicted molar refractivity (Wildman–Crippen MR) is 134 cm³/mol. The normalized spacial score (nSPS) is 12.1. The Labute approximate surface area is 182 Å². The molecule has 6 aromatic rings. The van der Waals surface area contributed by atoms with E-state index in [0.717, 1.165) is 12.0 Å². The van der Waals surface area contributed by atoms with E-state index in [2.05, 4.69) is 68.4 Å². The number of fused-ring (bicyclic) bond motifs is 9. The van der Waals surface area contributed by atoms with Crippen molar-refractivity contribution < 1.29 is 4.79 Å². The van der Waals surface area contributed by atoms with Gasteiger partial charge >= 0.3 is 0 Å². The maximum Gasteiger partial charge on any atom is 0.162 e. The molecule has 0 fully saturated rings. The van der Waals surface area contributed by atoms with Crippen molar-refractivity contribution in [2.45, 2.75) is 26.7 Å². The van der Waals surface area contributed by atoms with Gasteiger partial charge in [0.05, 0.1) is 0 Å². The van der Waals surface area contributed by atoms with E-state index in [1.807, 2.05) is 28.7 Å². The van der Waals surface area contributed by atoms with Gasteiger partial charge in [-0.2, -0.15) is 0 Å². The van der Waals surface area contributed by atoms with Gasteiger partial charge in [-0.25, -0.2) is 0 Å². The van der Waals surface area contributed by atoms with Crippen molar-refractivity contribution >= 4 is 79.6 Å². The van der Waals surface area contributed by atoms with Crippen LogP contribution < -0.4 is 0 Å². The lowest BCUT2D eigenvalue weighted by Gasteiger charge is -2.02. The molecule has 0 N–H and O–H groups in total. The lowest BCUT2D eigenvalue weighted by molar-refractivity contribution is 0.0982. The molecule has 0 aliphatic rings. The van der Waals surface area contributed by atoms with Gasteiger partial charge in [0.25, 0.3) is 0 Å². The molecule has 0 unspecified atom stereocenters. The number of aryl methyl sites for hydroxylation is 1. The van der Waals surface area contributed by atoms with Crippen LogP contribution in [0.4, 0.5) is 0 Å². The standard InChI is InChI=1S/C27H20OS2/c1-3-4-23(28)16-6-8-18-20-10-12-21-22(27(20)30-25(18)14-16)11-9-19-17-7-5-15(2)13-24(17)29-26(19)21/h5-14H,3-4H2,1-2H3. The smallest absolute Gasteiger partial charge is 0.162 e. The highest BCUT2D eigenvalue weighted by Crippen LogP contribution is 2.44. The molecule has 146 valence electrons. The van der Waals surface area contributed by atoms with Crippen LogP contribution in [0.3, 0.4) is 0 Å². The summed E-state index contributed by atoms with van der Waals surface area (Å²) in [6, 6.07) is 22.1. The summed E-state index contributed by atoms with van der Waals surface area (Å²) in [6.45, 7) is 4.21. The van der Waals surface area contributed by atoms with Gasteiger partial charge in [-0.15, -0.1) is 22.7 Å². The van der Waals surface area contributed by atoms with E-state index >= 15 is 0 Å². The van der Waals surface area contributed by atoms with Crippen LogP contribution in [0.15, 0.2) is 60.7 Å². The number of rotatable bonds is 3. The van der Waals surface area contributed by atoms with Crippen LogP contribution in [0, 0.1) is 6.92 Å². The number of hydrogen-bond acceptors (Lipinski definition) is 3. The number of hydrogen-bond donors (Lipinski definition) is 0. The average molecular weight is 425 g/mol. The van der Waals surface area contributed by atoms with Crippen molar-refractivity contribution in [3.63, 3.8) is 0 Å². The number of carbonyl (C=O) groups excluding carboxylic acids is 1. The molecule has 3 heteroatoms. The second kappa shape index (κ2) is 6.63. The van der Waals surface area contributed by atoms with Crippen molar-refractivity contribution in [1.29, 1.82) is 0 Å². The topological polar surface area (TPSA) is 17.1 Å². The van der Waals surface area contributed by atoms with Crippen molar-refractivity contribution in [3.05, 3.63) is 71.8 Å². The van der Waals surface area contributed by atoms with E-state index < -0.39 is 0 Å². The summed E-state index contributed by atoms with van der Waals surface area (Å²) in [6.07, 6.45) is 1.50. The van der Waals surface area contributed by atoms with Gasteiger partial charge in [-0.1, -0.05) is 55.5 Å². The Morgan fingerprint density at radius 1 is 0.700 bits per heavy atom. The van der Waals surface area contributed by atoms with Gasteiger partial charge in [0.15, 0.2) is 5.78 Å². The van der Waals surface area contributed by atoms with Crippen molar-refractivity contribution in [2.75, 3.05) is 0 Å². The molecular weight excluding hydrogens is 404 g/mol. The molecule has 30 heavy (non-hydrogen) atoms. The number of carbonyl (C=O) groups is 1. The molecule has 4 aromatic carbocycles. The number of ketones is 1. The zero-order valence-electron chi connectivity index (χ0n) is 16.9. The first-order valence-corrected chi connectivity index (χ1v) is 12.0. The minimum Gasteiger partial charge on any atom is -0.294 e. The summed E-state index contributed by atoms with van der Waals surface area (Å²) in [7, 11) is 0. The van der Waals surface area contributed by atoms with Crippen LogP contribution in [-0.4, -0.2) is 5.78 Å². The first-order chi connectivity index (χ1) is 14.6. The maximum absolute atomic E-state index is 12.4. The molecule has 0 saturated carbocycles. The zero-order chi connectivity index (χ0) is 20.4. The fraction of sp³-hybridized carbons (Fsp3) is 0.148. The lowest BCUT2D eigenvalue weighted by atomic mass is 10.0. The molecular formula is C27H20OS2. The summed E-state index contributed by atoms with van der Waals surface area (Å²) in [5.74, 6) is 0.240. The Bertz CT molecular complexity index is 1630. The molecule has 1 nitrogen and oxygen atoms in total. The van der Waals surface area contributed by atoms with E-state index in [0.29, 0.717) is 6.42 Å². The summed E-state index contributed by atoms with van der Waals surface area (Å²) in [5.41, 5.74) is 2.14. The van der Waals surface area contributed by atoms with E-state index in [1.54, 1.807) is 0 Å². The van der Waals surface area contributed by atoms with Gasteiger partial charge in [0.2, 0.25) is 0 Å². The van der Waals surface area contributed by atoms with Gasteiger partial charge in [0, 0.05) is 63.1 Å². The predicted octanol–water partition coefficient (Wildman–Crippen LogP) is 8.87. The Kier molecular flexibility index (Phi) is 3.99. The van der Waals surface area contributed by atoms with Crippen LogP contribution in [-0.2, 0) is 0 Å². The molecule has 0 amide bonds. The minimum absolute atomic E-state index is 0.240. The summed E-state index contributed by atoms with van der Waals surface area (Å²) < 4.78 is 5.24. The quantitative estimate of drug-likeness (QED) is 0.259. The Morgan fingerprint density at radius 2 is 1.20 bits per heavy atom. The van der Waals surface area contributed by atoms with Crippen LogP contribution >= 0.6 is 22.7 Å². The maximum atomic E-state index is 12.4. The summed E-state index contributed by atoms with van der Waals surface area (Å²) >= 11 is 3.70. The van der Waals surface area contributed by atoms with Crippen molar-refractivity contribution in [1.82, 2.24) is 0 Å². The van der Waals surface area contributed by atoms with E-state index in [1.165, 1.54) is 56.7 Å². The third-order valence-electron chi connectivity index (χ3n) is 6.02. The third kappa shape index (κ3) is 2.55. The summed E-state index contributed by atoms with van der Waals surface area (Å²) in [4.78, 5) is 12.4. The highest BCUT2D eigenvalue weighted by Gasteiger charge is 2.14. The Balaban J connectivity index is 1.65. The van der Waals surface area contributed by atoms with Gasteiger partial charge < -0.3 is 0 Å². The first kappa shape index (κ1) is 18.1. The van der Waals surface area contributed by atoms with Gasteiger partial charge in [-0.05, 0) is 31.0 Å². The highest BCUT2D eigenvalue weighted by atomic mass is 32.1. The highest BCUT2D eigenvalue weighted by molar-refractivity contribution is 7.28. The van der Waals surface area contributed by atoms with Crippen LogP contribution in [0.1, 0.15) is 35.7 Å². The Hall–Kier alpha value is -2.75. The number of Topliss-reactive ketones (excluding diaryl/α,β-unsaturated/α-hetero) is 1. The molecule has 0 bridgehead atoms. The first-order valence-electron chi connectivity index (χ1n) is 10.4. The number of thiophene rings is 2. The fourth-order valence-electron chi connectivity index (χ4n) is 4.53. The summed E-state index contributed by atoms with van der Waals surface area (Å²) in [5, 5.41) is 7.86. The monoisotopic (exact) mass is 424 g/mol. The molecule has 0 aliphatic heterocycles. The average Bonchev–Trinajstić information content (AvgIpc) is 3.30. The molecule has 0 saturated heterocycles. The molecule has 0 radical (unpaired) electrons. The van der Waals surface area contributed by atoms with Crippen LogP contribution in [0.5, 0.6) is 0 Å². The van der Waals surface area contributed by atoms with E-state index in [9.17, 15) is 4.79 Å². The van der Waals surface area contributed by atoms with Crippen LogP contribution in [0.2, 0.25) is 0 Å². The third-order valence-corrected chi connectivity index (χ3v) is 8.43. The molecule has 0 spiro atoms. The van der Waals surface area contributed by atoms with E-state index in [-0.39, 0.29) is 5.78 Å². The SMILES string of the molecule is CCCC(=O)c1ccc2c(c1)sc1c2ccc2c1ccc1c3ccc(C)cc3sc12. The number of benzene rings is 4. The molecule has 6 rings (SSSR count). The molecule has 0 atom stereocenters. The largest absolute Gasteiger partial charge is 0.294 e. The fourth-order valence-corrected chi connectivity index (χ4v) is 7.12. The Morgan fingerprint density at radius 3 is 1.80 bits per heavy atom. The molecule has 2 heterocycles. The van der Waals surface area contributed by atoms with Crippen LogP contribution in [0.25, 0.3) is 51.1 Å². The van der Waals surface area contributed by atoms with Gasteiger partial charge in [0.1, 0.15) is 0 Å². The molecule has 2 aromatic heterocycles. The lowest BCUT2D eigenvalue weighted by Crippen LogP contribution is -1.96. The van der Waals surface area contributed by atoms with E-state index in [4.69, 9.17) is 0 Å². The van der Waals surface area contributed by atoms with Crippen molar-refractivity contribution in [3.8, 4) is 0 Å². The van der Waals surface area contributed by atoms with Crippen molar-refractivity contribution in [2.24, 2.45) is 0 Å². The molecule has 0 aliphatic carbocycles. The van der Waals surface area contributed by atoms with Gasteiger partial charge in [-0.3, -0.25) is 4.79 Å².